The fraction of sp³-hybridized carbons (Fsp3) is 0.263. The summed E-state index contributed by atoms with van der Waals surface area (Å²) in [5.74, 6) is 0.332. The second kappa shape index (κ2) is 5.95. The van der Waals surface area contributed by atoms with Crippen LogP contribution in [0.2, 0.25) is 0 Å². The maximum absolute atomic E-state index is 14.5. The van der Waals surface area contributed by atoms with Gasteiger partial charge in [0.15, 0.2) is 0 Å². The molecular formula is C19H17BrFN3O. The molecule has 0 fully saturated rings. The van der Waals surface area contributed by atoms with Crippen molar-refractivity contribution in [2.75, 3.05) is 11.4 Å². The van der Waals surface area contributed by atoms with E-state index in [2.05, 4.69) is 20.9 Å². The summed E-state index contributed by atoms with van der Waals surface area (Å²) in [6, 6.07) is 8.77. The highest BCUT2D eigenvalue weighted by Gasteiger charge is 2.27. The predicted octanol–water partition coefficient (Wildman–Crippen LogP) is 4.38. The molecule has 3 aromatic rings. The third-order valence-electron chi connectivity index (χ3n) is 4.80. The van der Waals surface area contributed by atoms with Crippen molar-refractivity contribution in [1.29, 1.82) is 0 Å². The summed E-state index contributed by atoms with van der Waals surface area (Å²) in [6.45, 7) is 2.44. The number of anilines is 1. The van der Waals surface area contributed by atoms with Gasteiger partial charge in [-0.1, -0.05) is 15.9 Å². The Balaban J connectivity index is 1.78. The van der Waals surface area contributed by atoms with E-state index in [4.69, 9.17) is 0 Å². The lowest BCUT2D eigenvalue weighted by atomic mass is 10.00. The maximum atomic E-state index is 14.5. The van der Waals surface area contributed by atoms with Gasteiger partial charge in [0.1, 0.15) is 11.6 Å². The average Bonchev–Trinajstić information content (AvgIpc) is 2.87. The van der Waals surface area contributed by atoms with Crippen molar-refractivity contribution < 1.29 is 9.18 Å². The first kappa shape index (κ1) is 16.3. The molecule has 2 heterocycles. The fourth-order valence-corrected chi connectivity index (χ4v) is 3.94. The largest absolute Gasteiger partial charge is 0.331 e. The first-order valence-corrected chi connectivity index (χ1v) is 8.98. The number of halogens is 2. The minimum Gasteiger partial charge on any atom is -0.331 e. The quantitative estimate of drug-likeness (QED) is 0.606. The van der Waals surface area contributed by atoms with Crippen LogP contribution in [0.25, 0.3) is 11.0 Å². The van der Waals surface area contributed by atoms with Crippen LogP contribution in [0.1, 0.15) is 28.2 Å². The smallest absolute Gasteiger partial charge is 0.258 e. The van der Waals surface area contributed by atoms with Crippen molar-refractivity contribution in [2.24, 2.45) is 7.05 Å². The first-order valence-electron chi connectivity index (χ1n) is 8.18. The van der Waals surface area contributed by atoms with Crippen LogP contribution in [0.5, 0.6) is 0 Å². The summed E-state index contributed by atoms with van der Waals surface area (Å²) in [5, 5.41) is 0. The summed E-state index contributed by atoms with van der Waals surface area (Å²) >= 11 is 3.33. The summed E-state index contributed by atoms with van der Waals surface area (Å²) in [7, 11) is 1.94. The molecule has 25 heavy (non-hydrogen) atoms. The molecule has 0 saturated heterocycles. The standard InChI is InChI=1S/C19H17BrFN3O/c1-11-22-16-9-13(5-6-17(16)23(11)2)19(25)24-7-3-4-12-8-14(20)10-15(21)18(12)24/h5-6,8-10H,3-4,7H2,1-2H3. The van der Waals surface area contributed by atoms with Gasteiger partial charge in [0, 0.05) is 23.6 Å². The van der Waals surface area contributed by atoms with Crippen LogP contribution in [0.15, 0.2) is 34.8 Å². The van der Waals surface area contributed by atoms with Gasteiger partial charge in [-0.15, -0.1) is 0 Å². The van der Waals surface area contributed by atoms with Gasteiger partial charge in [-0.05, 0) is 55.7 Å². The third-order valence-corrected chi connectivity index (χ3v) is 5.26. The normalized spacial score (nSPS) is 14.0. The Morgan fingerprint density at radius 1 is 1.28 bits per heavy atom. The SMILES string of the molecule is Cc1nc2cc(C(=O)N3CCCc4cc(Br)cc(F)c43)ccc2n1C. The number of fused-ring (bicyclic) bond motifs is 2. The Labute approximate surface area is 153 Å². The van der Waals surface area contributed by atoms with E-state index < -0.39 is 0 Å². The first-order chi connectivity index (χ1) is 12.0. The molecule has 4 nitrogen and oxygen atoms in total. The predicted molar refractivity (Wildman–Crippen MR) is 99.5 cm³/mol. The third kappa shape index (κ3) is 2.65. The number of hydrogen-bond acceptors (Lipinski definition) is 2. The fourth-order valence-electron chi connectivity index (χ4n) is 3.46. The van der Waals surface area contributed by atoms with Gasteiger partial charge < -0.3 is 9.47 Å². The van der Waals surface area contributed by atoms with Crippen molar-refractivity contribution in [2.45, 2.75) is 19.8 Å². The van der Waals surface area contributed by atoms with Gasteiger partial charge in [0.25, 0.3) is 5.91 Å². The number of rotatable bonds is 1. The van der Waals surface area contributed by atoms with E-state index in [-0.39, 0.29) is 11.7 Å². The Hall–Kier alpha value is -2.21. The lowest BCUT2D eigenvalue weighted by Crippen LogP contribution is -2.36. The van der Waals surface area contributed by atoms with Crippen LogP contribution in [0.4, 0.5) is 10.1 Å². The molecule has 0 unspecified atom stereocenters. The number of carbonyl (C=O) groups is 1. The van der Waals surface area contributed by atoms with Gasteiger partial charge in [0.05, 0.1) is 16.7 Å². The molecule has 0 radical (unpaired) electrons. The molecule has 0 bridgehead atoms. The molecule has 0 N–H and O–H groups in total. The van der Waals surface area contributed by atoms with E-state index in [0.29, 0.717) is 22.3 Å². The Bertz CT molecular complexity index is 1010. The molecule has 1 aliphatic rings. The zero-order valence-electron chi connectivity index (χ0n) is 14.0. The molecule has 0 aliphatic carbocycles. The number of aromatic nitrogens is 2. The van der Waals surface area contributed by atoms with Gasteiger partial charge >= 0.3 is 0 Å². The molecule has 4 rings (SSSR count). The number of imidazole rings is 1. The van der Waals surface area contributed by atoms with Crippen molar-refractivity contribution in [3.8, 4) is 0 Å². The zero-order chi connectivity index (χ0) is 17.7. The Morgan fingerprint density at radius 3 is 2.88 bits per heavy atom. The summed E-state index contributed by atoms with van der Waals surface area (Å²) in [5.41, 5.74) is 3.54. The van der Waals surface area contributed by atoms with Crippen molar-refractivity contribution in [3.05, 3.63) is 57.6 Å². The van der Waals surface area contributed by atoms with E-state index in [0.717, 1.165) is 35.3 Å². The van der Waals surface area contributed by atoms with Crippen molar-refractivity contribution in [3.63, 3.8) is 0 Å². The molecule has 1 amide bonds. The summed E-state index contributed by atoms with van der Waals surface area (Å²) in [4.78, 5) is 19.1. The Kier molecular flexibility index (Phi) is 3.87. The molecule has 2 aromatic carbocycles. The molecule has 128 valence electrons. The molecule has 0 spiro atoms. The van der Waals surface area contributed by atoms with Crippen LogP contribution in [0, 0.1) is 12.7 Å². The monoisotopic (exact) mass is 401 g/mol. The highest BCUT2D eigenvalue weighted by Crippen LogP contribution is 2.34. The second-order valence-corrected chi connectivity index (χ2v) is 7.29. The van der Waals surface area contributed by atoms with Gasteiger partial charge in [-0.3, -0.25) is 4.79 Å². The van der Waals surface area contributed by atoms with Crippen LogP contribution in [-0.2, 0) is 13.5 Å². The lowest BCUT2D eigenvalue weighted by molar-refractivity contribution is 0.0984. The number of nitrogens with zero attached hydrogens (tertiary/aromatic N) is 3. The molecule has 1 aromatic heterocycles. The zero-order valence-corrected chi connectivity index (χ0v) is 15.6. The van der Waals surface area contributed by atoms with Crippen LogP contribution < -0.4 is 4.90 Å². The number of aryl methyl sites for hydroxylation is 3. The molecule has 0 atom stereocenters. The summed E-state index contributed by atoms with van der Waals surface area (Å²) in [6.07, 6.45) is 1.59. The molecule has 1 aliphatic heterocycles. The minimum atomic E-state index is -0.368. The highest BCUT2D eigenvalue weighted by atomic mass is 79.9. The Morgan fingerprint density at radius 2 is 2.08 bits per heavy atom. The van der Waals surface area contributed by atoms with Crippen LogP contribution >= 0.6 is 15.9 Å². The average molecular weight is 402 g/mol. The highest BCUT2D eigenvalue weighted by molar-refractivity contribution is 9.10. The number of amides is 1. The van der Waals surface area contributed by atoms with Crippen LogP contribution in [-0.4, -0.2) is 22.0 Å². The van der Waals surface area contributed by atoms with E-state index in [1.807, 2.05) is 30.7 Å². The van der Waals surface area contributed by atoms with E-state index >= 15 is 0 Å². The number of carbonyl (C=O) groups excluding carboxylic acids is 1. The number of benzene rings is 2. The van der Waals surface area contributed by atoms with Gasteiger partial charge in [-0.25, -0.2) is 9.37 Å². The number of hydrogen-bond donors (Lipinski definition) is 0. The molecule has 6 heteroatoms. The van der Waals surface area contributed by atoms with E-state index in [1.54, 1.807) is 17.0 Å². The van der Waals surface area contributed by atoms with Crippen molar-refractivity contribution in [1.82, 2.24) is 9.55 Å². The van der Waals surface area contributed by atoms with Crippen LogP contribution in [0.3, 0.4) is 0 Å². The maximum Gasteiger partial charge on any atom is 0.258 e. The van der Waals surface area contributed by atoms with E-state index in [9.17, 15) is 9.18 Å². The molecule has 0 saturated carbocycles. The molecular weight excluding hydrogens is 385 g/mol. The lowest BCUT2D eigenvalue weighted by Gasteiger charge is -2.30. The summed E-state index contributed by atoms with van der Waals surface area (Å²) < 4.78 is 17.2. The topological polar surface area (TPSA) is 38.1 Å². The second-order valence-electron chi connectivity index (χ2n) is 6.38. The van der Waals surface area contributed by atoms with Gasteiger partial charge in [-0.2, -0.15) is 0 Å². The van der Waals surface area contributed by atoms with E-state index in [1.165, 1.54) is 6.07 Å². The van der Waals surface area contributed by atoms with Gasteiger partial charge in [0.2, 0.25) is 0 Å². The minimum absolute atomic E-state index is 0.188. The van der Waals surface area contributed by atoms with Crippen molar-refractivity contribution >= 4 is 38.6 Å².